The van der Waals surface area contributed by atoms with Crippen molar-refractivity contribution >= 4 is 29.9 Å². The molecule has 1 aliphatic carbocycles. The van der Waals surface area contributed by atoms with Gasteiger partial charge >= 0.3 is 0 Å². The number of nitrogens with zero attached hydrogens (tertiary/aromatic N) is 1. The van der Waals surface area contributed by atoms with E-state index in [1.807, 2.05) is 14.0 Å². The first kappa shape index (κ1) is 25.2. The molecule has 1 fully saturated rings. The molecule has 1 aliphatic rings. The Morgan fingerprint density at radius 2 is 1.86 bits per heavy atom. The van der Waals surface area contributed by atoms with Gasteiger partial charge in [-0.05, 0) is 45.1 Å². The highest BCUT2D eigenvalue weighted by molar-refractivity contribution is 14.0. The van der Waals surface area contributed by atoms with E-state index in [4.69, 9.17) is 4.74 Å². The average molecular weight is 502 g/mol. The number of rotatable bonds is 11. The van der Waals surface area contributed by atoms with Gasteiger partial charge < -0.3 is 20.7 Å². The van der Waals surface area contributed by atoms with Crippen LogP contribution in [0.3, 0.4) is 0 Å². The molecule has 0 amide bonds. The second-order valence-corrected chi connectivity index (χ2v) is 7.52. The molecule has 0 aliphatic heterocycles. The number of hydrogen-bond donors (Lipinski definition) is 3. The van der Waals surface area contributed by atoms with Gasteiger partial charge in [0.1, 0.15) is 0 Å². The Labute approximate surface area is 188 Å². The molecule has 1 unspecified atom stereocenters. The van der Waals surface area contributed by atoms with Crippen LogP contribution in [0.15, 0.2) is 35.3 Å². The molecule has 0 heterocycles. The zero-order valence-corrected chi connectivity index (χ0v) is 20.1. The van der Waals surface area contributed by atoms with Crippen LogP contribution >= 0.6 is 24.0 Å². The molecule has 0 aromatic heterocycles. The maximum Gasteiger partial charge on any atom is 0.191 e. The molecule has 160 valence electrons. The quantitative estimate of drug-likeness (QED) is 0.183. The molecule has 1 atom stereocenters. The van der Waals surface area contributed by atoms with Crippen molar-refractivity contribution in [3.8, 4) is 0 Å². The van der Waals surface area contributed by atoms with Crippen LogP contribution in [0.5, 0.6) is 0 Å². The average Bonchev–Trinajstić information content (AvgIpc) is 3.16. The van der Waals surface area contributed by atoms with Crippen molar-refractivity contribution in [2.24, 2.45) is 4.99 Å². The zero-order chi connectivity index (χ0) is 19.4. The number of hydrogen-bond acceptors (Lipinski definition) is 3. The predicted octanol–water partition coefficient (Wildman–Crippen LogP) is 4.25. The van der Waals surface area contributed by atoms with Crippen molar-refractivity contribution < 1.29 is 4.74 Å². The van der Waals surface area contributed by atoms with E-state index in [0.717, 1.165) is 45.1 Å². The van der Waals surface area contributed by atoms with Gasteiger partial charge in [0.25, 0.3) is 0 Å². The minimum absolute atomic E-state index is 0. The monoisotopic (exact) mass is 502 g/mol. The number of ether oxygens (including phenoxy) is 1. The van der Waals surface area contributed by atoms with Gasteiger partial charge in [0.05, 0.1) is 0 Å². The van der Waals surface area contributed by atoms with Crippen LogP contribution in [0.25, 0.3) is 0 Å². The molecule has 6 heteroatoms. The Bertz CT molecular complexity index is 547. The molecule has 0 saturated heterocycles. The Hall–Kier alpha value is -0.860. The first-order valence-electron chi connectivity index (χ1n) is 10.5. The summed E-state index contributed by atoms with van der Waals surface area (Å²) in [5.74, 6) is 0.895. The van der Waals surface area contributed by atoms with Crippen LogP contribution in [0, 0.1) is 0 Å². The number of aliphatic imine (C=N–C) groups is 1. The van der Waals surface area contributed by atoms with Crippen LogP contribution in [-0.4, -0.2) is 44.8 Å². The van der Waals surface area contributed by atoms with Gasteiger partial charge in [-0.2, -0.15) is 0 Å². The summed E-state index contributed by atoms with van der Waals surface area (Å²) in [6.45, 7) is 7.77. The third-order valence-corrected chi connectivity index (χ3v) is 5.41. The van der Waals surface area contributed by atoms with E-state index < -0.39 is 0 Å². The number of guanidine groups is 1. The van der Waals surface area contributed by atoms with Gasteiger partial charge in [-0.1, -0.05) is 43.2 Å². The summed E-state index contributed by atoms with van der Waals surface area (Å²) in [5.41, 5.74) is 1.49. The summed E-state index contributed by atoms with van der Waals surface area (Å²) in [7, 11) is 1.84. The molecule has 5 nitrogen and oxygen atoms in total. The minimum Gasteiger partial charge on any atom is -0.382 e. The van der Waals surface area contributed by atoms with Crippen LogP contribution in [0.2, 0.25) is 0 Å². The van der Waals surface area contributed by atoms with Crippen molar-refractivity contribution in [2.75, 3.05) is 33.4 Å². The largest absolute Gasteiger partial charge is 0.382 e. The fraction of sp³-hybridized carbons (Fsp3) is 0.682. The maximum atomic E-state index is 5.39. The lowest BCUT2D eigenvalue weighted by Crippen LogP contribution is -2.54. The van der Waals surface area contributed by atoms with Gasteiger partial charge in [0.2, 0.25) is 0 Å². The smallest absolute Gasteiger partial charge is 0.191 e. The lowest BCUT2D eigenvalue weighted by Gasteiger charge is -2.35. The molecule has 0 bridgehead atoms. The van der Waals surface area contributed by atoms with Gasteiger partial charge in [0.15, 0.2) is 5.96 Å². The van der Waals surface area contributed by atoms with Crippen LogP contribution in [-0.2, 0) is 4.74 Å². The van der Waals surface area contributed by atoms with Crippen LogP contribution < -0.4 is 16.0 Å². The molecule has 1 aromatic rings. The maximum absolute atomic E-state index is 5.39. The highest BCUT2D eigenvalue weighted by atomic mass is 127. The Kier molecular flexibility index (Phi) is 12.7. The Balaban J connectivity index is 0.00000392. The zero-order valence-electron chi connectivity index (χ0n) is 17.8. The number of unbranched alkanes of at least 4 members (excludes halogenated alkanes) is 1. The second-order valence-electron chi connectivity index (χ2n) is 7.52. The SMILES string of the molecule is CCOCCCCNC(=NC)NCC1(NC(C)c2ccccc2)CCCC1.I. The third-order valence-electron chi connectivity index (χ3n) is 5.41. The fourth-order valence-electron chi connectivity index (χ4n) is 3.86. The summed E-state index contributed by atoms with van der Waals surface area (Å²) in [6, 6.07) is 11.1. The highest BCUT2D eigenvalue weighted by Crippen LogP contribution is 2.31. The minimum atomic E-state index is 0. The van der Waals surface area contributed by atoms with Gasteiger partial charge in [-0.25, -0.2) is 0 Å². The van der Waals surface area contributed by atoms with Gasteiger partial charge in [-0.15, -0.1) is 24.0 Å². The number of benzene rings is 1. The standard InChI is InChI=1S/C22H38N4O.HI/c1-4-27-17-11-10-16-24-21(23-3)25-18-22(14-8-9-15-22)26-19(2)20-12-6-5-7-13-20;/h5-7,12-13,19,26H,4,8-11,14-18H2,1-3H3,(H2,23,24,25);1H. The van der Waals surface area contributed by atoms with Gasteiger partial charge in [-0.3, -0.25) is 4.99 Å². The number of halogens is 1. The van der Waals surface area contributed by atoms with Crippen molar-refractivity contribution in [1.29, 1.82) is 0 Å². The van der Waals surface area contributed by atoms with E-state index in [1.165, 1.54) is 31.2 Å². The molecule has 0 spiro atoms. The molecule has 2 rings (SSSR count). The second kappa shape index (κ2) is 14.2. The Morgan fingerprint density at radius 1 is 1.14 bits per heavy atom. The van der Waals surface area contributed by atoms with E-state index in [2.05, 4.69) is 58.2 Å². The summed E-state index contributed by atoms with van der Waals surface area (Å²) < 4.78 is 5.39. The van der Waals surface area contributed by atoms with E-state index in [-0.39, 0.29) is 29.5 Å². The third kappa shape index (κ3) is 8.66. The van der Waals surface area contributed by atoms with Crippen molar-refractivity contribution in [3.05, 3.63) is 35.9 Å². The molecular weight excluding hydrogens is 463 g/mol. The summed E-state index contributed by atoms with van der Waals surface area (Å²) in [4.78, 5) is 4.39. The van der Waals surface area contributed by atoms with E-state index in [9.17, 15) is 0 Å². The van der Waals surface area contributed by atoms with E-state index in [1.54, 1.807) is 0 Å². The topological polar surface area (TPSA) is 57.7 Å². The van der Waals surface area contributed by atoms with Crippen molar-refractivity contribution in [2.45, 2.75) is 64.0 Å². The molecule has 0 radical (unpaired) electrons. The molecule has 3 N–H and O–H groups in total. The van der Waals surface area contributed by atoms with Gasteiger partial charge in [0, 0.05) is 44.9 Å². The lowest BCUT2D eigenvalue weighted by atomic mass is 9.94. The lowest BCUT2D eigenvalue weighted by molar-refractivity contribution is 0.143. The van der Waals surface area contributed by atoms with Crippen molar-refractivity contribution in [1.82, 2.24) is 16.0 Å². The molecule has 28 heavy (non-hydrogen) atoms. The first-order valence-corrected chi connectivity index (χ1v) is 10.5. The van der Waals surface area contributed by atoms with Crippen LogP contribution in [0.4, 0.5) is 0 Å². The normalized spacial score (nSPS) is 17.0. The predicted molar refractivity (Wildman–Crippen MR) is 130 cm³/mol. The van der Waals surface area contributed by atoms with E-state index in [0.29, 0.717) is 6.04 Å². The molecular formula is C22H39IN4O. The summed E-state index contributed by atoms with van der Waals surface area (Å²) >= 11 is 0. The Morgan fingerprint density at radius 3 is 2.50 bits per heavy atom. The van der Waals surface area contributed by atoms with Crippen LogP contribution in [0.1, 0.15) is 64.0 Å². The van der Waals surface area contributed by atoms with E-state index >= 15 is 0 Å². The first-order chi connectivity index (χ1) is 13.2. The van der Waals surface area contributed by atoms with Crippen molar-refractivity contribution in [3.63, 3.8) is 0 Å². The highest BCUT2D eigenvalue weighted by Gasteiger charge is 2.35. The number of nitrogens with one attached hydrogen (secondary N) is 3. The molecule has 1 aromatic carbocycles. The molecule has 1 saturated carbocycles. The summed E-state index contributed by atoms with van der Waals surface area (Å²) in [6.07, 6.45) is 7.18. The summed E-state index contributed by atoms with van der Waals surface area (Å²) in [5, 5.41) is 10.9. The fourth-order valence-corrected chi connectivity index (χ4v) is 3.86.